The Morgan fingerprint density at radius 2 is 2.06 bits per heavy atom. The fraction of sp³-hybridized carbons (Fsp3) is 0.500. The SMILES string of the molecule is O=Cc1cccc(Cl)c1N(CC1CC1)C1CC1. The van der Waals surface area contributed by atoms with Crippen LogP contribution in [-0.4, -0.2) is 18.9 Å². The maximum Gasteiger partial charge on any atom is 0.152 e. The van der Waals surface area contributed by atoms with Crippen molar-refractivity contribution in [2.75, 3.05) is 11.4 Å². The minimum Gasteiger partial charge on any atom is -0.366 e. The zero-order valence-electron chi connectivity index (χ0n) is 9.73. The van der Waals surface area contributed by atoms with E-state index in [9.17, 15) is 4.79 Å². The van der Waals surface area contributed by atoms with E-state index in [2.05, 4.69) is 4.90 Å². The number of benzene rings is 1. The first-order chi connectivity index (χ1) is 8.29. The highest BCUT2D eigenvalue weighted by atomic mass is 35.5. The first kappa shape index (κ1) is 11.1. The third-order valence-corrected chi connectivity index (χ3v) is 3.88. The zero-order valence-corrected chi connectivity index (χ0v) is 10.5. The molecule has 17 heavy (non-hydrogen) atoms. The van der Waals surface area contributed by atoms with Crippen molar-refractivity contribution < 1.29 is 4.79 Å². The number of halogens is 1. The molecule has 0 N–H and O–H groups in total. The van der Waals surface area contributed by atoms with Crippen LogP contribution in [-0.2, 0) is 0 Å². The Morgan fingerprint density at radius 1 is 1.29 bits per heavy atom. The van der Waals surface area contributed by atoms with Crippen LogP contribution in [0.1, 0.15) is 36.0 Å². The van der Waals surface area contributed by atoms with Crippen molar-refractivity contribution in [1.29, 1.82) is 0 Å². The minimum atomic E-state index is 0.606. The van der Waals surface area contributed by atoms with Crippen LogP contribution in [0.25, 0.3) is 0 Å². The second kappa shape index (κ2) is 4.34. The van der Waals surface area contributed by atoms with Gasteiger partial charge >= 0.3 is 0 Å². The monoisotopic (exact) mass is 249 g/mol. The van der Waals surface area contributed by atoms with Crippen molar-refractivity contribution in [3.8, 4) is 0 Å². The molecular weight excluding hydrogens is 234 g/mol. The van der Waals surface area contributed by atoms with Crippen LogP contribution in [0.4, 0.5) is 5.69 Å². The minimum absolute atomic E-state index is 0.606. The number of anilines is 1. The standard InChI is InChI=1S/C14H16ClNO/c15-13-3-1-2-11(9-17)14(13)16(12-6-7-12)8-10-4-5-10/h1-3,9-10,12H,4-8H2. The normalized spacial score (nSPS) is 19.1. The summed E-state index contributed by atoms with van der Waals surface area (Å²) in [5.41, 5.74) is 1.68. The van der Waals surface area contributed by atoms with E-state index >= 15 is 0 Å². The maximum atomic E-state index is 11.1. The fourth-order valence-corrected chi connectivity index (χ4v) is 2.61. The number of aldehydes is 1. The highest BCUT2D eigenvalue weighted by Gasteiger charge is 2.35. The van der Waals surface area contributed by atoms with Crippen LogP contribution in [0, 0.1) is 5.92 Å². The van der Waals surface area contributed by atoms with Crippen LogP contribution in [0.15, 0.2) is 18.2 Å². The number of rotatable bonds is 5. The molecule has 1 aromatic carbocycles. The van der Waals surface area contributed by atoms with Crippen LogP contribution < -0.4 is 4.90 Å². The molecule has 0 bridgehead atoms. The van der Waals surface area contributed by atoms with Gasteiger partial charge in [-0.05, 0) is 43.7 Å². The zero-order chi connectivity index (χ0) is 11.8. The second-order valence-electron chi connectivity index (χ2n) is 5.12. The van der Waals surface area contributed by atoms with E-state index in [0.717, 1.165) is 30.0 Å². The molecule has 0 radical (unpaired) electrons. The van der Waals surface area contributed by atoms with E-state index in [0.29, 0.717) is 11.1 Å². The second-order valence-corrected chi connectivity index (χ2v) is 5.53. The largest absolute Gasteiger partial charge is 0.366 e. The van der Waals surface area contributed by atoms with Crippen molar-refractivity contribution in [3.63, 3.8) is 0 Å². The first-order valence-corrected chi connectivity index (χ1v) is 6.67. The number of carbonyl (C=O) groups is 1. The smallest absolute Gasteiger partial charge is 0.152 e. The highest BCUT2D eigenvalue weighted by molar-refractivity contribution is 6.34. The van der Waals surface area contributed by atoms with Gasteiger partial charge < -0.3 is 4.90 Å². The molecule has 0 amide bonds. The van der Waals surface area contributed by atoms with Crippen LogP contribution in [0.5, 0.6) is 0 Å². The Balaban J connectivity index is 1.95. The molecule has 2 fully saturated rings. The molecule has 3 rings (SSSR count). The van der Waals surface area contributed by atoms with Crippen molar-refractivity contribution >= 4 is 23.6 Å². The van der Waals surface area contributed by atoms with E-state index in [1.54, 1.807) is 0 Å². The number of carbonyl (C=O) groups excluding carboxylic acids is 1. The molecule has 2 nitrogen and oxygen atoms in total. The van der Waals surface area contributed by atoms with Gasteiger partial charge in [0.05, 0.1) is 10.7 Å². The van der Waals surface area contributed by atoms with Gasteiger partial charge in [0.1, 0.15) is 0 Å². The average molecular weight is 250 g/mol. The molecule has 0 atom stereocenters. The molecular formula is C14H16ClNO. The Labute approximate surface area is 107 Å². The summed E-state index contributed by atoms with van der Waals surface area (Å²) < 4.78 is 0. The lowest BCUT2D eigenvalue weighted by Crippen LogP contribution is -2.29. The van der Waals surface area contributed by atoms with Gasteiger partial charge in [-0.25, -0.2) is 0 Å². The van der Waals surface area contributed by atoms with Gasteiger partial charge in [0.2, 0.25) is 0 Å². The van der Waals surface area contributed by atoms with Gasteiger partial charge in [0.25, 0.3) is 0 Å². The van der Waals surface area contributed by atoms with Crippen molar-refractivity contribution in [2.24, 2.45) is 5.92 Å². The fourth-order valence-electron chi connectivity index (χ4n) is 2.32. The van der Waals surface area contributed by atoms with Crippen LogP contribution in [0.3, 0.4) is 0 Å². The predicted molar refractivity (Wildman–Crippen MR) is 69.9 cm³/mol. The van der Waals surface area contributed by atoms with Crippen LogP contribution in [0.2, 0.25) is 5.02 Å². The van der Waals surface area contributed by atoms with Gasteiger partial charge in [0.15, 0.2) is 6.29 Å². The summed E-state index contributed by atoms with van der Waals surface area (Å²) in [6.45, 7) is 1.06. The summed E-state index contributed by atoms with van der Waals surface area (Å²) in [5.74, 6) is 0.811. The molecule has 2 aliphatic carbocycles. The summed E-state index contributed by atoms with van der Waals surface area (Å²) in [7, 11) is 0. The summed E-state index contributed by atoms with van der Waals surface area (Å²) in [5, 5.41) is 0.710. The van der Waals surface area contributed by atoms with E-state index in [1.165, 1.54) is 25.7 Å². The molecule has 2 saturated carbocycles. The summed E-state index contributed by atoms with van der Waals surface area (Å²) in [6, 6.07) is 6.19. The Hall–Kier alpha value is -1.02. The molecule has 0 heterocycles. The molecule has 90 valence electrons. The number of para-hydroxylation sites is 1. The molecule has 0 unspecified atom stereocenters. The number of hydrogen-bond acceptors (Lipinski definition) is 2. The third kappa shape index (κ3) is 2.32. The van der Waals surface area contributed by atoms with Crippen LogP contribution >= 0.6 is 11.6 Å². The van der Waals surface area contributed by atoms with Gasteiger partial charge in [-0.2, -0.15) is 0 Å². The van der Waals surface area contributed by atoms with Gasteiger partial charge in [-0.15, -0.1) is 0 Å². The molecule has 0 saturated heterocycles. The number of hydrogen-bond donors (Lipinski definition) is 0. The Kier molecular flexibility index (Phi) is 2.83. The first-order valence-electron chi connectivity index (χ1n) is 6.30. The van der Waals surface area contributed by atoms with Crippen molar-refractivity contribution in [2.45, 2.75) is 31.7 Å². The van der Waals surface area contributed by atoms with Crippen molar-refractivity contribution in [3.05, 3.63) is 28.8 Å². The summed E-state index contributed by atoms with van der Waals surface area (Å²) in [6.07, 6.45) is 6.03. The lowest BCUT2D eigenvalue weighted by Gasteiger charge is -2.27. The highest BCUT2D eigenvalue weighted by Crippen LogP contribution is 2.41. The van der Waals surface area contributed by atoms with E-state index in [1.807, 2.05) is 18.2 Å². The van der Waals surface area contributed by atoms with E-state index < -0.39 is 0 Å². The lowest BCUT2D eigenvalue weighted by atomic mass is 10.1. The molecule has 1 aromatic rings. The topological polar surface area (TPSA) is 20.3 Å². The van der Waals surface area contributed by atoms with Crippen molar-refractivity contribution in [1.82, 2.24) is 0 Å². The summed E-state index contributed by atoms with van der Waals surface area (Å²) >= 11 is 6.28. The third-order valence-electron chi connectivity index (χ3n) is 3.57. The number of nitrogens with zero attached hydrogens (tertiary/aromatic N) is 1. The Bertz CT molecular complexity index is 438. The van der Waals surface area contributed by atoms with E-state index in [-0.39, 0.29) is 0 Å². The predicted octanol–water partition coefficient (Wildman–Crippen LogP) is 3.53. The maximum absolute atomic E-state index is 11.1. The quantitative estimate of drug-likeness (QED) is 0.744. The average Bonchev–Trinajstić information content (AvgIpc) is 3.17. The van der Waals surface area contributed by atoms with Gasteiger partial charge in [-0.3, -0.25) is 4.79 Å². The van der Waals surface area contributed by atoms with E-state index in [4.69, 9.17) is 11.6 Å². The molecule has 3 heteroatoms. The summed E-state index contributed by atoms with van der Waals surface area (Å²) in [4.78, 5) is 13.5. The molecule has 0 aliphatic heterocycles. The Morgan fingerprint density at radius 3 is 2.65 bits per heavy atom. The molecule has 2 aliphatic rings. The lowest BCUT2D eigenvalue weighted by molar-refractivity contribution is 0.112. The molecule has 0 spiro atoms. The molecule has 0 aromatic heterocycles. The van der Waals surface area contributed by atoms with Gasteiger partial charge in [0, 0.05) is 18.2 Å². The van der Waals surface area contributed by atoms with Gasteiger partial charge in [-0.1, -0.05) is 17.7 Å².